The Bertz CT molecular complexity index is 808. The molecule has 0 radical (unpaired) electrons. The molecule has 2 rings (SSSR count). The molecule has 7 heteroatoms. The van der Waals surface area contributed by atoms with Crippen molar-refractivity contribution >= 4 is 31.6 Å². The molecule has 1 N–H and O–H groups in total. The first kappa shape index (κ1) is 19.6. The molecule has 0 aliphatic carbocycles. The monoisotopic (exact) mass is 427 g/mol. The second-order valence-corrected chi connectivity index (χ2v) is 7.90. The second kappa shape index (κ2) is 9.10. The summed E-state index contributed by atoms with van der Waals surface area (Å²) < 4.78 is 39.6. The Hall–Kier alpha value is -1.73. The quantitative estimate of drug-likeness (QED) is 0.622. The highest BCUT2D eigenvalue weighted by molar-refractivity contribution is 9.10. The van der Waals surface area contributed by atoms with Gasteiger partial charge in [-0.15, -0.1) is 0 Å². The molecule has 0 aliphatic heterocycles. The predicted molar refractivity (Wildman–Crippen MR) is 103 cm³/mol. The first-order valence-electron chi connectivity index (χ1n) is 8.15. The lowest BCUT2D eigenvalue weighted by molar-refractivity contribution is 0.268. The third-order valence-corrected chi connectivity index (χ3v) is 5.64. The molecular weight excluding hydrogens is 406 g/mol. The van der Waals surface area contributed by atoms with Crippen LogP contribution in [0.2, 0.25) is 0 Å². The zero-order valence-electron chi connectivity index (χ0n) is 14.3. The molecule has 0 atom stereocenters. The second-order valence-electron chi connectivity index (χ2n) is 5.39. The van der Waals surface area contributed by atoms with Crippen molar-refractivity contribution in [3.05, 3.63) is 46.9 Å². The number of sulfonamides is 1. The molecule has 5 nitrogen and oxygen atoms in total. The standard InChI is InChI=1S/C18H22BrNO4S/c1-3-11-23-16-10-9-14(13-17(16)24-12-4-2)20-25(21,22)18-8-6-5-7-15(18)19/h5-10,13,20H,3-4,11-12H2,1-2H3. The molecular formula is C18H22BrNO4S. The number of benzene rings is 2. The summed E-state index contributed by atoms with van der Waals surface area (Å²) in [5.74, 6) is 1.14. The Labute approximate surface area is 157 Å². The maximum absolute atomic E-state index is 12.6. The van der Waals surface area contributed by atoms with Crippen LogP contribution < -0.4 is 14.2 Å². The van der Waals surface area contributed by atoms with E-state index in [1.165, 1.54) is 0 Å². The molecule has 0 amide bonds. The fourth-order valence-electron chi connectivity index (χ4n) is 2.10. The van der Waals surface area contributed by atoms with Gasteiger partial charge >= 0.3 is 0 Å². The van der Waals surface area contributed by atoms with E-state index in [2.05, 4.69) is 20.7 Å². The molecule has 0 fully saturated rings. The minimum atomic E-state index is -3.70. The zero-order chi connectivity index (χ0) is 18.3. The average molecular weight is 428 g/mol. The molecule has 136 valence electrons. The summed E-state index contributed by atoms with van der Waals surface area (Å²) in [5, 5.41) is 0. The van der Waals surface area contributed by atoms with Crippen LogP contribution in [-0.4, -0.2) is 21.6 Å². The van der Waals surface area contributed by atoms with E-state index in [0.717, 1.165) is 12.8 Å². The number of hydrogen-bond donors (Lipinski definition) is 1. The van der Waals surface area contributed by atoms with E-state index in [4.69, 9.17) is 9.47 Å². The average Bonchev–Trinajstić information content (AvgIpc) is 2.59. The molecule has 25 heavy (non-hydrogen) atoms. The Morgan fingerprint density at radius 2 is 1.60 bits per heavy atom. The molecule has 0 unspecified atom stereocenters. The van der Waals surface area contributed by atoms with Crippen LogP contribution in [0.4, 0.5) is 5.69 Å². The highest BCUT2D eigenvalue weighted by atomic mass is 79.9. The molecule has 0 aliphatic rings. The van der Waals surface area contributed by atoms with Crippen molar-refractivity contribution in [3.8, 4) is 11.5 Å². The van der Waals surface area contributed by atoms with Gasteiger partial charge in [0.1, 0.15) is 4.90 Å². The maximum Gasteiger partial charge on any atom is 0.263 e. The Morgan fingerprint density at radius 1 is 0.960 bits per heavy atom. The van der Waals surface area contributed by atoms with Crippen molar-refractivity contribution in [1.29, 1.82) is 0 Å². The fraction of sp³-hybridized carbons (Fsp3) is 0.333. The molecule has 2 aromatic carbocycles. The van der Waals surface area contributed by atoms with Crippen molar-refractivity contribution < 1.29 is 17.9 Å². The lowest BCUT2D eigenvalue weighted by atomic mass is 10.3. The Kier molecular flexibility index (Phi) is 7.13. The topological polar surface area (TPSA) is 64.6 Å². The fourth-order valence-corrected chi connectivity index (χ4v) is 4.15. The molecule has 0 saturated heterocycles. The predicted octanol–water partition coefficient (Wildman–Crippen LogP) is 4.83. The molecule has 0 heterocycles. The summed E-state index contributed by atoms with van der Waals surface area (Å²) in [6.45, 7) is 5.13. The van der Waals surface area contributed by atoms with E-state index in [-0.39, 0.29) is 4.90 Å². The molecule has 0 aromatic heterocycles. The van der Waals surface area contributed by atoms with E-state index in [1.807, 2.05) is 13.8 Å². The molecule has 0 spiro atoms. The van der Waals surface area contributed by atoms with Gasteiger partial charge in [-0.3, -0.25) is 4.72 Å². The van der Waals surface area contributed by atoms with Gasteiger partial charge in [-0.05, 0) is 53.0 Å². The van der Waals surface area contributed by atoms with Gasteiger partial charge in [-0.2, -0.15) is 0 Å². The van der Waals surface area contributed by atoms with Gasteiger partial charge in [0.15, 0.2) is 11.5 Å². The minimum absolute atomic E-state index is 0.178. The lowest BCUT2D eigenvalue weighted by Crippen LogP contribution is -2.13. The van der Waals surface area contributed by atoms with Gasteiger partial charge in [0.05, 0.1) is 18.9 Å². The summed E-state index contributed by atoms with van der Waals surface area (Å²) in [5.41, 5.74) is 0.422. The van der Waals surface area contributed by atoms with Gasteiger partial charge in [0.2, 0.25) is 0 Å². The van der Waals surface area contributed by atoms with Crippen molar-refractivity contribution in [1.82, 2.24) is 0 Å². The van der Waals surface area contributed by atoms with Gasteiger partial charge in [-0.1, -0.05) is 26.0 Å². The van der Waals surface area contributed by atoms with Crippen LogP contribution in [0.15, 0.2) is 51.8 Å². The third kappa shape index (κ3) is 5.37. The number of ether oxygens (including phenoxy) is 2. The number of rotatable bonds is 9. The van der Waals surface area contributed by atoms with E-state index >= 15 is 0 Å². The highest BCUT2D eigenvalue weighted by Gasteiger charge is 2.18. The summed E-state index contributed by atoms with van der Waals surface area (Å²) in [7, 11) is -3.70. The molecule has 0 saturated carbocycles. The molecule has 0 bridgehead atoms. The summed E-state index contributed by atoms with van der Waals surface area (Å²) >= 11 is 3.27. The van der Waals surface area contributed by atoms with Gasteiger partial charge in [0.25, 0.3) is 10.0 Å². The number of nitrogens with one attached hydrogen (secondary N) is 1. The van der Waals surface area contributed by atoms with Crippen LogP contribution in [0.25, 0.3) is 0 Å². The van der Waals surface area contributed by atoms with Gasteiger partial charge in [0, 0.05) is 10.5 Å². The van der Waals surface area contributed by atoms with Crippen molar-refractivity contribution in [2.24, 2.45) is 0 Å². The van der Waals surface area contributed by atoms with E-state index < -0.39 is 10.0 Å². The van der Waals surface area contributed by atoms with Gasteiger partial charge < -0.3 is 9.47 Å². The smallest absolute Gasteiger partial charge is 0.263 e. The van der Waals surface area contributed by atoms with E-state index in [9.17, 15) is 8.42 Å². The highest BCUT2D eigenvalue weighted by Crippen LogP contribution is 2.32. The lowest BCUT2D eigenvalue weighted by Gasteiger charge is -2.15. The van der Waals surface area contributed by atoms with Crippen LogP contribution in [0.1, 0.15) is 26.7 Å². The van der Waals surface area contributed by atoms with Crippen LogP contribution in [-0.2, 0) is 10.0 Å². The largest absolute Gasteiger partial charge is 0.490 e. The number of halogens is 1. The van der Waals surface area contributed by atoms with Crippen molar-refractivity contribution in [2.75, 3.05) is 17.9 Å². The van der Waals surface area contributed by atoms with Crippen LogP contribution in [0.5, 0.6) is 11.5 Å². The van der Waals surface area contributed by atoms with Gasteiger partial charge in [-0.25, -0.2) is 8.42 Å². The zero-order valence-corrected chi connectivity index (χ0v) is 16.7. The Balaban J connectivity index is 2.28. The number of anilines is 1. The SMILES string of the molecule is CCCOc1ccc(NS(=O)(=O)c2ccccc2Br)cc1OCCC. The number of hydrogen-bond acceptors (Lipinski definition) is 4. The normalized spacial score (nSPS) is 11.2. The first-order chi connectivity index (χ1) is 12.0. The van der Waals surface area contributed by atoms with Crippen LogP contribution >= 0.6 is 15.9 Å². The summed E-state index contributed by atoms with van der Waals surface area (Å²) in [6.07, 6.45) is 1.73. The molecule has 2 aromatic rings. The summed E-state index contributed by atoms with van der Waals surface area (Å²) in [4.78, 5) is 0.178. The summed E-state index contributed by atoms with van der Waals surface area (Å²) in [6, 6.07) is 11.7. The minimum Gasteiger partial charge on any atom is -0.490 e. The van der Waals surface area contributed by atoms with Crippen LogP contribution in [0.3, 0.4) is 0 Å². The van der Waals surface area contributed by atoms with E-state index in [1.54, 1.807) is 42.5 Å². The van der Waals surface area contributed by atoms with E-state index in [0.29, 0.717) is 34.9 Å². The first-order valence-corrected chi connectivity index (χ1v) is 10.4. The third-order valence-electron chi connectivity index (χ3n) is 3.25. The van der Waals surface area contributed by atoms with Crippen molar-refractivity contribution in [2.45, 2.75) is 31.6 Å². The Morgan fingerprint density at radius 3 is 2.24 bits per heavy atom. The van der Waals surface area contributed by atoms with Crippen LogP contribution in [0, 0.1) is 0 Å². The van der Waals surface area contributed by atoms with Crippen molar-refractivity contribution in [3.63, 3.8) is 0 Å². The maximum atomic E-state index is 12.6.